The summed E-state index contributed by atoms with van der Waals surface area (Å²) >= 11 is -4.00. The van der Waals surface area contributed by atoms with E-state index in [4.69, 9.17) is 4.74 Å². The van der Waals surface area contributed by atoms with Gasteiger partial charge in [-0.1, -0.05) is 0 Å². The van der Waals surface area contributed by atoms with Gasteiger partial charge in [-0.3, -0.25) is 0 Å². The van der Waals surface area contributed by atoms with Crippen molar-refractivity contribution in [3.8, 4) is 5.75 Å². The van der Waals surface area contributed by atoms with Crippen molar-refractivity contribution >= 4 is 34.3 Å². The fourth-order valence-electron chi connectivity index (χ4n) is 1.51. The molecule has 0 N–H and O–H groups in total. The van der Waals surface area contributed by atoms with Gasteiger partial charge in [-0.25, -0.2) is 0 Å². The molecule has 0 fully saturated rings. The summed E-state index contributed by atoms with van der Waals surface area (Å²) in [6.07, 6.45) is 0. The zero-order valence-corrected chi connectivity index (χ0v) is 13.6. The van der Waals surface area contributed by atoms with E-state index >= 15 is 0 Å². The van der Waals surface area contributed by atoms with Crippen LogP contribution in [-0.4, -0.2) is 56.2 Å². The first kappa shape index (κ1) is 18.2. The Labute approximate surface area is 128 Å². The van der Waals surface area contributed by atoms with E-state index in [0.29, 0.717) is 5.75 Å². The average molecular weight is 385 g/mol. The van der Waals surface area contributed by atoms with Crippen LogP contribution in [0.5, 0.6) is 5.75 Å². The third-order valence-corrected chi connectivity index (χ3v) is 6.56. The van der Waals surface area contributed by atoms with Gasteiger partial charge in [-0.2, -0.15) is 0 Å². The fourth-order valence-corrected chi connectivity index (χ4v) is 4.96. The summed E-state index contributed by atoms with van der Waals surface area (Å²) in [6, 6.07) is 4.99. The van der Waals surface area contributed by atoms with E-state index in [-0.39, 0.29) is 4.46 Å². The van der Waals surface area contributed by atoms with Crippen molar-refractivity contribution in [2.75, 3.05) is 21.3 Å². The van der Waals surface area contributed by atoms with Crippen LogP contribution in [0.1, 0.15) is 0 Å². The van der Waals surface area contributed by atoms with Gasteiger partial charge in [0.1, 0.15) is 0 Å². The number of methoxy groups -OCH3 is 3. The molecule has 1 aromatic rings. The zero-order valence-electron chi connectivity index (χ0n) is 11.9. The Morgan fingerprint density at radius 3 is 1.73 bits per heavy atom. The molecule has 0 radical (unpaired) electrons. The molecular weight excluding hydrogens is 372 g/mol. The number of carbonyl (C=O) groups excluding carboxylic acids is 2. The molecule has 122 valence electrons. The Morgan fingerprint density at radius 2 is 1.41 bits per heavy atom. The molecule has 1 unspecified atom stereocenters. The molecule has 5 nitrogen and oxygen atoms in total. The minimum atomic E-state index is -4.76. The number of alkyl halides is 3. The Balaban J connectivity index is 3.63. The van der Waals surface area contributed by atoms with Gasteiger partial charge in [0.15, 0.2) is 0 Å². The molecule has 0 aliphatic heterocycles. The van der Waals surface area contributed by atoms with E-state index in [1.807, 2.05) is 0 Å². The van der Waals surface area contributed by atoms with Crippen molar-refractivity contribution in [1.29, 1.82) is 0 Å². The molecule has 0 heterocycles. The number of hydrogen-bond donors (Lipinski definition) is 0. The van der Waals surface area contributed by atoms with Gasteiger partial charge >= 0.3 is 128 Å². The van der Waals surface area contributed by atoms with Crippen molar-refractivity contribution in [3.05, 3.63) is 24.3 Å². The number of ether oxygens (including phenoxy) is 3. The third-order valence-electron chi connectivity index (χ3n) is 2.47. The summed E-state index contributed by atoms with van der Waals surface area (Å²) < 4.78 is 52.6. The number of hydrogen-bond acceptors (Lipinski definition) is 5. The first-order valence-electron chi connectivity index (χ1n) is 5.75. The van der Waals surface area contributed by atoms with E-state index < -0.39 is 34.9 Å². The molecule has 9 heteroatoms. The summed E-state index contributed by atoms with van der Waals surface area (Å²) in [6.45, 7) is 0. The van der Waals surface area contributed by atoms with Crippen molar-refractivity contribution in [3.63, 3.8) is 0 Å². The molecule has 0 amide bonds. The standard InChI is InChI=1S/C13H13F3O5Se/c1-19-8-4-6-9(7-5-8)22(13(14,15)16)10(11(17)20-2)12(18)21-3/h4-7H,1-3H3. The molecule has 0 spiro atoms. The molecule has 0 aromatic heterocycles. The maximum absolute atomic E-state index is 13.4. The van der Waals surface area contributed by atoms with Gasteiger partial charge in [0.2, 0.25) is 0 Å². The molecule has 0 saturated carbocycles. The van der Waals surface area contributed by atoms with Crippen LogP contribution >= 0.6 is 0 Å². The topological polar surface area (TPSA) is 61.8 Å². The maximum atomic E-state index is 13.4. The molecule has 1 atom stereocenters. The monoisotopic (exact) mass is 386 g/mol. The molecule has 22 heavy (non-hydrogen) atoms. The molecule has 0 saturated heterocycles. The van der Waals surface area contributed by atoms with E-state index in [1.54, 1.807) is 0 Å². The Hall–Kier alpha value is -1.86. The van der Waals surface area contributed by atoms with Gasteiger partial charge in [0.05, 0.1) is 0 Å². The third kappa shape index (κ3) is 4.08. The number of carbonyl (C=O) groups is 2. The van der Waals surface area contributed by atoms with Gasteiger partial charge in [0.25, 0.3) is 0 Å². The summed E-state index contributed by atoms with van der Waals surface area (Å²) in [4.78, 5) is 23.3. The van der Waals surface area contributed by atoms with E-state index in [9.17, 15) is 22.8 Å². The predicted molar refractivity (Wildman–Crippen MR) is 73.5 cm³/mol. The molecule has 0 aliphatic rings. The predicted octanol–water partition coefficient (Wildman–Crippen LogP) is 0.599. The van der Waals surface area contributed by atoms with Gasteiger partial charge < -0.3 is 0 Å². The van der Waals surface area contributed by atoms with Gasteiger partial charge in [0, 0.05) is 0 Å². The van der Waals surface area contributed by atoms with Crippen molar-refractivity contribution in [2.24, 2.45) is 0 Å². The molecule has 1 rings (SSSR count). The number of benzene rings is 1. The number of halogens is 3. The van der Waals surface area contributed by atoms with Crippen LogP contribution in [0.4, 0.5) is 13.2 Å². The van der Waals surface area contributed by atoms with Crippen LogP contribution in [0.2, 0.25) is 0 Å². The second-order valence-electron chi connectivity index (χ2n) is 3.74. The fraction of sp³-hybridized carbons (Fsp3) is 0.308. The average Bonchev–Trinajstić information content (AvgIpc) is 2.50. The van der Waals surface area contributed by atoms with E-state index in [2.05, 4.69) is 9.47 Å². The van der Waals surface area contributed by atoms with Crippen LogP contribution in [0.25, 0.3) is 0 Å². The normalized spacial score (nSPS) is 12.3. The van der Waals surface area contributed by atoms with Crippen LogP contribution in [-0.2, 0) is 19.1 Å². The summed E-state index contributed by atoms with van der Waals surface area (Å²) in [7, 11) is 3.17. The SMILES string of the molecule is COC(=O)C(C(=O)OC)=[Se](c1ccc(OC)cc1)C(F)(F)F. The second-order valence-corrected chi connectivity index (χ2v) is 7.84. The van der Waals surface area contributed by atoms with E-state index in [0.717, 1.165) is 14.2 Å². The van der Waals surface area contributed by atoms with Gasteiger partial charge in [-0.15, -0.1) is 0 Å². The Kier molecular flexibility index (Phi) is 6.13. The molecular formula is C13H13F3O5Se. The first-order chi connectivity index (χ1) is 10.3. The quantitative estimate of drug-likeness (QED) is 0.432. The van der Waals surface area contributed by atoms with E-state index in [1.165, 1.54) is 31.4 Å². The number of esters is 2. The minimum absolute atomic E-state index is 0.181. The molecule has 0 bridgehead atoms. The summed E-state index contributed by atoms with van der Waals surface area (Å²) in [5, 5.41) is -4.76. The van der Waals surface area contributed by atoms with Crippen molar-refractivity contribution < 1.29 is 37.0 Å². The van der Waals surface area contributed by atoms with Crippen LogP contribution < -0.4 is 9.20 Å². The van der Waals surface area contributed by atoms with Crippen molar-refractivity contribution in [2.45, 2.75) is 5.07 Å². The number of rotatable bonds is 4. The van der Waals surface area contributed by atoms with Crippen molar-refractivity contribution in [1.82, 2.24) is 0 Å². The van der Waals surface area contributed by atoms with Crippen LogP contribution in [0.3, 0.4) is 0 Å². The first-order valence-corrected chi connectivity index (χ1v) is 8.32. The molecule has 1 aromatic carbocycles. The zero-order chi connectivity index (χ0) is 16.9. The van der Waals surface area contributed by atoms with Crippen LogP contribution in [0, 0.1) is 0 Å². The summed E-state index contributed by atoms with van der Waals surface area (Å²) in [5.74, 6) is -2.33. The Morgan fingerprint density at radius 1 is 0.955 bits per heavy atom. The second kappa shape index (κ2) is 7.42. The Bertz CT molecular complexity index is 575. The van der Waals surface area contributed by atoms with Crippen LogP contribution in [0.15, 0.2) is 24.3 Å². The molecule has 0 aliphatic carbocycles. The van der Waals surface area contributed by atoms with Gasteiger partial charge in [-0.05, 0) is 0 Å². The summed E-state index contributed by atoms with van der Waals surface area (Å²) in [5.41, 5.74) is 0.